The average molecular weight is 394 g/mol. The average Bonchev–Trinajstić information content (AvgIpc) is 2.60. The number of halogens is 1. The molecule has 8 heteroatoms. The molecule has 6 nitrogen and oxygen atoms in total. The number of carbonyl (C=O) groups excluding carboxylic acids is 2. The molecule has 1 aromatic carbocycles. The fraction of sp³-hybridized carbons (Fsp3) is 0.526. The smallest absolute Gasteiger partial charge is 0.413 e. The molecule has 1 amide bonds. The molecule has 0 spiro atoms. The lowest BCUT2D eigenvalue weighted by Gasteiger charge is -2.44. The highest BCUT2D eigenvalue weighted by Gasteiger charge is 2.47. The van der Waals surface area contributed by atoms with Crippen LogP contribution in [0.5, 0.6) is 0 Å². The number of hydrogen-bond acceptors (Lipinski definition) is 6. The maximum absolute atomic E-state index is 14.7. The van der Waals surface area contributed by atoms with Gasteiger partial charge in [-0.1, -0.05) is 11.8 Å². The number of alkyl carbamates (subject to hydrolysis) is 1. The molecule has 0 saturated carbocycles. The van der Waals surface area contributed by atoms with Crippen LogP contribution in [0, 0.1) is 11.7 Å². The van der Waals surface area contributed by atoms with Crippen LogP contribution in [0.25, 0.3) is 0 Å². The molecule has 1 saturated heterocycles. The molecule has 2 heterocycles. The molecule has 0 bridgehead atoms. The third-order valence-electron chi connectivity index (χ3n) is 4.53. The molecule has 3 rings (SSSR count). The summed E-state index contributed by atoms with van der Waals surface area (Å²) in [5.74, 6) is 0.253. The number of nitrogens with one attached hydrogen (secondary N) is 1. The summed E-state index contributed by atoms with van der Waals surface area (Å²) in [5, 5.41) is 3.02. The topological polar surface area (TPSA) is 77.0 Å². The van der Waals surface area contributed by atoms with Gasteiger partial charge in [-0.15, -0.1) is 0 Å². The number of thioether (sulfide) groups is 1. The summed E-state index contributed by atoms with van der Waals surface area (Å²) in [6.45, 7) is 6.09. The maximum Gasteiger partial charge on any atom is 0.413 e. The summed E-state index contributed by atoms with van der Waals surface area (Å²) in [4.78, 5) is 28.0. The molecule has 1 N–H and O–H groups in total. The lowest BCUT2D eigenvalue weighted by Crippen LogP contribution is -2.49. The van der Waals surface area contributed by atoms with E-state index in [1.54, 1.807) is 20.8 Å². The second kappa shape index (κ2) is 7.59. The van der Waals surface area contributed by atoms with Crippen molar-refractivity contribution in [2.24, 2.45) is 10.9 Å². The summed E-state index contributed by atoms with van der Waals surface area (Å²) in [6, 6.07) is 4.23. The van der Waals surface area contributed by atoms with E-state index in [9.17, 15) is 14.0 Å². The van der Waals surface area contributed by atoms with E-state index in [1.165, 1.54) is 30.0 Å². The Balaban J connectivity index is 1.98. The SMILES string of the molecule is CC(C)(C)OC(=O)NC1=NC2(c3cc(C=O)ccc3F)COCCC2CS1. The molecule has 146 valence electrons. The van der Waals surface area contributed by atoms with Gasteiger partial charge < -0.3 is 9.47 Å². The Bertz CT molecular complexity index is 777. The fourth-order valence-corrected chi connectivity index (χ4v) is 4.49. The van der Waals surface area contributed by atoms with Crippen LogP contribution in [-0.2, 0) is 15.0 Å². The number of aldehydes is 1. The monoisotopic (exact) mass is 394 g/mol. The van der Waals surface area contributed by atoms with E-state index in [4.69, 9.17) is 14.5 Å². The first kappa shape index (κ1) is 19.8. The minimum Gasteiger partial charge on any atom is -0.444 e. The molecular weight excluding hydrogens is 371 g/mol. The molecule has 0 aliphatic carbocycles. The van der Waals surface area contributed by atoms with Crippen molar-refractivity contribution in [2.45, 2.75) is 38.3 Å². The Kier molecular flexibility index (Phi) is 5.58. The Labute approximate surface area is 161 Å². The van der Waals surface area contributed by atoms with Crippen molar-refractivity contribution in [2.75, 3.05) is 19.0 Å². The molecule has 27 heavy (non-hydrogen) atoms. The predicted octanol–water partition coefficient (Wildman–Crippen LogP) is 3.50. The third-order valence-corrected chi connectivity index (χ3v) is 5.57. The molecule has 2 aliphatic heterocycles. The minimum absolute atomic E-state index is 0.0387. The van der Waals surface area contributed by atoms with Crippen molar-refractivity contribution < 1.29 is 23.5 Å². The van der Waals surface area contributed by atoms with Crippen LogP contribution in [0.15, 0.2) is 23.2 Å². The van der Waals surface area contributed by atoms with Gasteiger partial charge in [0.25, 0.3) is 0 Å². The largest absolute Gasteiger partial charge is 0.444 e. The second-order valence-corrected chi connectivity index (χ2v) is 8.68. The first-order chi connectivity index (χ1) is 12.7. The van der Waals surface area contributed by atoms with E-state index in [0.29, 0.717) is 34.9 Å². The van der Waals surface area contributed by atoms with Crippen LogP contribution in [0.2, 0.25) is 0 Å². The van der Waals surface area contributed by atoms with Gasteiger partial charge in [0.05, 0.1) is 6.61 Å². The second-order valence-electron chi connectivity index (χ2n) is 7.67. The Morgan fingerprint density at radius 3 is 2.96 bits per heavy atom. The van der Waals surface area contributed by atoms with E-state index in [2.05, 4.69) is 5.32 Å². The van der Waals surface area contributed by atoms with Crippen molar-refractivity contribution in [3.8, 4) is 0 Å². The molecular formula is C19H23FN2O4S. The normalized spacial score (nSPS) is 25.2. The number of nitrogens with zero attached hydrogens (tertiary/aromatic N) is 1. The summed E-state index contributed by atoms with van der Waals surface area (Å²) in [7, 11) is 0. The van der Waals surface area contributed by atoms with E-state index in [1.807, 2.05) is 0 Å². The number of hydrogen-bond donors (Lipinski definition) is 1. The van der Waals surface area contributed by atoms with E-state index in [0.717, 1.165) is 6.42 Å². The van der Waals surface area contributed by atoms with Gasteiger partial charge in [-0.2, -0.15) is 0 Å². The van der Waals surface area contributed by atoms with Crippen molar-refractivity contribution in [1.82, 2.24) is 5.32 Å². The van der Waals surface area contributed by atoms with Gasteiger partial charge in [-0.05, 0) is 45.4 Å². The summed E-state index contributed by atoms with van der Waals surface area (Å²) < 4.78 is 25.6. The van der Waals surface area contributed by atoms with Crippen LogP contribution < -0.4 is 5.32 Å². The van der Waals surface area contributed by atoms with Crippen molar-refractivity contribution in [1.29, 1.82) is 0 Å². The Hall–Kier alpha value is -1.93. The lowest BCUT2D eigenvalue weighted by molar-refractivity contribution is 0.00276. The number of amidine groups is 1. The van der Waals surface area contributed by atoms with Gasteiger partial charge in [0.2, 0.25) is 0 Å². The molecule has 1 aromatic rings. The molecule has 0 radical (unpaired) electrons. The number of ether oxygens (including phenoxy) is 2. The zero-order valence-electron chi connectivity index (χ0n) is 15.6. The van der Waals surface area contributed by atoms with Gasteiger partial charge >= 0.3 is 6.09 Å². The number of aliphatic imine (C=N–C) groups is 1. The minimum atomic E-state index is -0.975. The van der Waals surface area contributed by atoms with Crippen molar-refractivity contribution >= 4 is 29.3 Å². The molecule has 2 unspecified atom stereocenters. The highest BCUT2D eigenvalue weighted by Crippen LogP contribution is 2.45. The lowest BCUT2D eigenvalue weighted by atomic mass is 9.76. The summed E-state index contributed by atoms with van der Waals surface area (Å²) in [6.07, 6.45) is 0.793. The van der Waals surface area contributed by atoms with Gasteiger partial charge in [-0.3, -0.25) is 10.1 Å². The van der Waals surface area contributed by atoms with E-state index >= 15 is 0 Å². The zero-order chi connectivity index (χ0) is 19.7. The molecule has 2 aliphatic rings. The number of amides is 1. The van der Waals surface area contributed by atoms with Crippen molar-refractivity contribution in [3.63, 3.8) is 0 Å². The van der Waals surface area contributed by atoms with Crippen LogP contribution in [-0.4, -0.2) is 42.1 Å². The maximum atomic E-state index is 14.7. The van der Waals surface area contributed by atoms with Gasteiger partial charge in [-0.25, -0.2) is 14.2 Å². The highest BCUT2D eigenvalue weighted by atomic mass is 32.2. The van der Waals surface area contributed by atoms with Crippen LogP contribution in [0.1, 0.15) is 43.1 Å². The van der Waals surface area contributed by atoms with Gasteiger partial charge in [0.1, 0.15) is 23.2 Å². The number of rotatable bonds is 2. The first-order valence-corrected chi connectivity index (χ1v) is 9.78. The zero-order valence-corrected chi connectivity index (χ0v) is 16.4. The fourth-order valence-electron chi connectivity index (χ4n) is 3.31. The molecule has 0 aromatic heterocycles. The summed E-state index contributed by atoms with van der Waals surface area (Å²) in [5.41, 5.74) is -0.916. The Morgan fingerprint density at radius 1 is 1.48 bits per heavy atom. The quantitative estimate of drug-likeness (QED) is 0.777. The predicted molar refractivity (Wildman–Crippen MR) is 102 cm³/mol. The van der Waals surface area contributed by atoms with E-state index in [-0.39, 0.29) is 12.5 Å². The standard InChI is InChI=1S/C19H23FN2O4S/c1-18(2,3)26-17(24)21-16-22-19(11-25-7-6-13(19)10-27-16)14-8-12(9-23)4-5-15(14)20/h4-5,8-9,13H,6-7,10-11H2,1-3H3,(H,21,22,24). The highest BCUT2D eigenvalue weighted by molar-refractivity contribution is 8.13. The number of fused-ring (bicyclic) bond motifs is 1. The van der Waals surface area contributed by atoms with Crippen LogP contribution in [0.4, 0.5) is 9.18 Å². The van der Waals surface area contributed by atoms with Crippen LogP contribution >= 0.6 is 11.8 Å². The van der Waals surface area contributed by atoms with Gasteiger partial charge in [0.15, 0.2) is 5.17 Å². The number of carbonyl (C=O) groups is 2. The van der Waals surface area contributed by atoms with Crippen molar-refractivity contribution in [3.05, 3.63) is 35.1 Å². The molecule has 1 fully saturated rings. The van der Waals surface area contributed by atoms with E-state index < -0.39 is 23.1 Å². The van der Waals surface area contributed by atoms with Crippen LogP contribution in [0.3, 0.4) is 0 Å². The van der Waals surface area contributed by atoms with Gasteiger partial charge in [0, 0.05) is 29.4 Å². The third kappa shape index (κ3) is 4.32. The first-order valence-electron chi connectivity index (χ1n) is 8.79. The molecule has 2 atom stereocenters. The Morgan fingerprint density at radius 2 is 2.26 bits per heavy atom. The number of benzene rings is 1. The summed E-state index contributed by atoms with van der Waals surface area (Å²) >= 11 is 1.40.